The maximum Gasteiger partial charge on any atom is 0.490 e. The monoisotopic (exact) mass is 650 g/mol. The highest BCUT2D eigenvalue weighted by Gasteiger charge is 2.39. The van der Waals surface area contributed by atoms with E-state index in [1.165, 1.54) is 11.3 Å². The van der Waals surface area contributed by atoms with Crippen molar-refractivity contribution in [1.29, 1.82) is 0 Å². The van der Waals surface area contributed by atoms with Crippen LogP contribution >= 0.6 is 0 Å². The van der Waals surface area contributed by atoms with Crippen molar-refractivity contribution in [3.8, 4) is 0 Å². The number of carbonyl (C=O) groups is 3. The zero-order chi connectivity index (χ0) is 33.7. The molecule has 0 amide bonds. The number of nitrogens with zero attached hydrogens (tertiary/aromatic N) is 6. The van der Waals surface area contributed by atoms with Crippen LogP contribution in [0.5, 0.6) is 0 Å². The second-order valence-corrected chi connectivity index (χ2v) is 8.37. The molecule has 1 aliphatic heterocycles. The molecule has 3 N–H and O–H groups in total. The molecule has 244 valence electrons. The van der Waals surface area contributed by atoms with E-state index in [1.807, 2.05) is 47.9 Å². The number of hydrogen-bond donors (Lipinski definition) is 3. The van der Waals surface area contributed by atoms with Gasteiger partial charge in [0.15, 0.2) is 0 Å². The number of halogens is 9. The smallest absolute Gasteiger partial charge is 0.475 e. The Hall–Kier alpha value is -4.69. The third kappa shape index (κ3) is 14.0. The van der Waals surface area contributed by atoms with Crippen LogP contribution in [-0.2, 0) is 40.6 Å². The van der Waals surface area contributed by atoms with Gasteiger partial charge in [0, 0.05) is 51.0 Å². The Bertz CT molecular complexity index is 1270. The van der Waals surface area contributed by atoms with Crippen molar-refractivity contribution in [2.24, 2.45) is 0 Å². The number of rotatable bonds is 4. The molecule has 4 heterocycles. The maximum atomic E-state index is 10.6. The Morgan fingerprint density at radius 3 is 1.77 bits per heavy atom. The lowest BCUT2D eigenvalue weighted by Gasteiger charge is -2.20. The second kappa shape index (κ2) is 16.2. The summed E-state index contributed by atoms with van der Waals surface area (Å²) in [5.41, 5.74) is 3.68. The van der Waals surface area contributed by atoms with E-state index >= 15 is 0 Å². The van der Waals surface area contributed by atoms with Gasteiger partial charge >= 0.3 is 36.4 Å². The van der Waals surface area contributed by atoms with Crippen LogP contribution in [-0.4, -0.2) is 87.5 Å². The minimum absolute atomic E-state index is 0.732. The van der Waals surface area contributed by atoms with E-state index in [0.717, 1.165) is 44.8 Å². The van der Waals surface area contributed by atoms with Gasteiger partial charge in [-0.2, -0.15) is 44.6 Å². The first-order valence-corrected chi connectivity index (χ1v) is 11.7. The van der Waals surface area contributed by atoms with E-state index in [-0.39, 0.29) is 0 Å². The second-order valence-electron chi connectivity index (χ2n) is 8.37. The van der Waals surface area contributed by atoms with Crippen molar-refractivity contribution in [3.05, 3.63) is 66.3 Å². The van der Waals surface area contributed by atoms with Crippen molar-refractivity contribution in [1.82, 2.24) is 29.2 Å². The number of aryl methyl sites for hydroxylation is 1. The molecule has 1 aliphatic rings. The molecule has 3 aromatic heterocycles. The maximum absolute atomic E-state index is 10.6. The molecule has 21 heteroatoms. The fraction of sp³-hybridized carbons (Fsp3) is 0.391. The van der Waals surface area contributed by atoms with Gasteiger partial charge in [-0.1, -0.05) is 6.07 Å². The van der Waals surface area contributed by atoms with Gasteiger partial charge in [0.2, 0.25) is 0 Å². The number of carboxylic acid groups (broad SMARTS) is 3. The predicted octanol–water partition coefficient (Wildman–Crippen LogP) is 3.83. The SMILES string of the molecule is O=C(O)C(F)(F)F.O=C(O)C(F)(F)F.O=C(O)C(F)(F)F.c1cncc(CN2CCCn3cnc(Cn4cccn4)c3C2)c1. The zero-order valence-corrected chi connectivity index (χ0v) is 22.0. The highest BCUT2D eigenvalue weighted by molar-refractivity contribution is 5.73. The summed E-state index contributed by atoms with van der Waals surface area (Å²) in [5.74, 6) is -8.27. The first-order chi connectivity index (χ1) is 20.2. The third-order valence-corrected chi connectivity index (χ3v) is 5.01. The number of aromatic nitrogens is 5. The van der Waals surface area contributed by atoms with Gasteiger partial charge in [-0.3, -0.25) is 14.6 Å². The van der Waals surface area contributed by atoms with Crippen LogP contribution in [0.15, 0.2) is 49.3 Å². The van der Waals surface area contributed by atoms with Crippen molar-refractivity contribution < 1.29 is 69.2 Å². The van der Waals surface area contributed by atoms with E-state index in [4.69, 9.17) is 29.7 Å². The fourth-order valence-electron chi connectivity index (χ4n) is 3.14. The number of carboxylic acids is 3. The van der Waals surface area contributed by atoms with Crippen LogP contribution in [0.3, 0.4) is 0 Å². The minimum atomic E-state index is -5.08. The van der Waals surface area contributed by atoms with Gasteiger partial charge in [0.25, 0.3) is 0 Å². The molecule has 0 aromatic carbocycles. The van der Waals surface area contributed by atoms with Gasteiger partial charge in [-0.05, 0) is 24.1 Å². The first-order valence-electron chi connectivity index (χ1n) is 11.7. The average molecular weight is 650 g/mol. The van der Waals surface area contributed by atoms with Crippen LogP contribution in [0.25, 0.3) is 0 Å². The Morgan fingerprint density at radius 2 is 1.34 bits per heavy atom. The first kappa shape index (κ1) is 37.3. The van der Waals surface area contributed by atoms with Gasteiger partial charge in [-0.15, -0.1) is 0 Å². The summed E-state index contributed by atoms with van der Waals surface area (Å²) in [6, 6.07) is 6.09. The lowest BCUT2D eigenvalue weighted by molar-refractivity contribution is -0.193. The van der Waals surface area contributed by atoms with Crippen LogP contribution in [0, 0.1) is 0 Å². The average Bonchev–Trinajstić information content (AvgIpc) is 3.50. The van der Waals surface area contributed by atoms with Gasteiger partial charge in [-0.25, -0.2) is 19.4 Å². The molecule has 0 saturated heterocycles. The standard InChI is InChI=1S/C17H20N6.3C2HF3O2/c1-4-15(10-18-5-1)11-21-7-3-8-22-14-19-16(17(22)13-21)12-23-9-2-6-20-23;3*3-2(4,5)1(6)7/h1-2,4-6,9-10,14H,3,7-8,11-13H2;3*(H,6,7). The molecule has 0 saturated carbocycles. The number of imidazole rings is 1. The molecule has 0 radical (unpaired) electrons. The summed E-state index contributed by atoms with van der Waals surface area (Å²) in [4.78, 5) is 38.0. The zero-order valence-electron chi connectivity index (χ0n) is 22.0. The minimum Gasteiger partial charge on any atom is -0.475 e. The predicted molar refractivity (Wildman–Crippen MR) is 128 cm³/mol. The highest BCUT2D eigenvalue weighted by Crippen LogP contribution is 2.19. The van der Waals surface area contributed by atoms with Gasteiger partial charge < -0.3 is 19.9 Å². The van der Waals surface area contributed by atoms with Crippen molar-refractivity contribution in [3.63, 3.8) is 0 Å². The van der Waals surface area contributed by atoms with E-state index in [2.05, 4.69) is 30.6 Å². The summed E-state index contributed by atoms with van der Waals surface area (Å²) in [5, 5.41) is 25.7. The summed E-state index contributed by atoms with van der Waals surface area (Å²) in [6.07, 6.45) is -4.57. The summed E-state index contributed by atoms with van der Waals surface area (Å²) in [6.45, 7) is 4.71. The summed E-state index contributed by atoms with van der Waals surface area (Å²) >= 11 is 0. The molecule has 44 heavy (non-hydrogen) atoms. The van der Waals surface area contributed by atoms with Crippen LogP contribution < -0.4 is 0 Å². The Kier molecular flexibility index (Phi) is 13.8. The molecule has 0 aliphatic carbocycles. The highest BCUT2D eigenvalue weighted by atomic mass is 19.4. The molecular weight excluding hydrogens is 627 g/mol. The molecule has 0 spiro atoms. The normalized spacial score (nSPS) is 13.4. The lowest BCUT2D eigenvalue weighted by atomic mass is 10.2. The van der Waals surface area contributed by atoms with Crippen LogP contribution in [0.2, 0.25) is 0 Å². The molecule has 0 bridgehead atoms. The molecule has 4 rings (SSSR count). The van der Waals surface area contributed by atoms with Crippen molar-refractivity contribution in [2.45, 2.75) is 51.1 Å². The molecule has 3 aromatic rings. The van der Waals surface area contributed by atoms with Gasteiger partial charge in [0.1, 0.15) is 0 Å². The largest absolute Gasteiger partial charge is 0.490 e. The van der Waals surface area contributed by atoms with E-state index in [9.17, 15) is 39.5 Å². The number of aliphatic carboxylic acids is 3. The quantitative estimate of drug-likeness (QED) is 0.354. The van der Waals surface area contributed by atoms with E-state index < -0.39 is 36.4 Å². The molecular formula is C23H23F9N6O6. The Morgan fingerprint density at radius 1 is 0.795 bits per heavy atom. The topological polar surface area (TPSA) is 164 Å². The van der Waals surface area contributed by atoms with E-state index in [0.29, 0.717) is 0 Å². The number of alkyl halides is 9. The number of pyridine rings is 1. The molecule has 0 atom stereocenters. The summed E-state index contributed by atoms with van der Waals surface area (Å²) < 4.78 is 99.4. The lowest BCUT2D eigenvalue weighted by Crippen LogP contribution is -2.23. The molecule has 12 nitrogen and oxygen atoms in total. The third-order valence-electron chi connectivity index (χ3n) is 5.01. The number of fused-ring (bicyclic) bond motifs is 1. The van der Waals surface area contributed by atoms with Crippen LogP contribution in [0.1, 0.15) is 23.4 Å². The molecule has 0 unspecified atom stereocenters. The van der Waals surface area contributed by atoms with Crippen molar-refractivity contribution in [2.75, 3.05) is 6.54 Å². The Balaban J connectivity index is 0.000000379. The Labute approximate surface area is 241 Å². The summed E-state index contributed by atoms with van der Waals surface area (Å²) in [7, 11) is 0. The van der Waals surface area contributed by atoms with Crippen LogP contribution in [0.4, 0.5) is 39.5 Å². The van der Waals surface area contributed by atoms with E-state index in [1.54, 1.807) is 0 Å². The fourth-order valence-corrected chi connectivity index (χ4v) is 3.14. The van der Waals surface area contributed by atoms with Gasteiger partial charge in [0.05, 0.1) is 24.3 Å². The molecule has 0 fully saturated rings. The number of hydrogen-bond acceptors (Lipinski definition) is 7. The van der Waals surface area contributed by atoms with Crippen molar-refractivity contribution >= 4 is 17.9 Å².